The van der Waals surface area contributed by atoms with E-state index in [-0.39, 0.29) is 24.2 Å². The van der Waals surface area contributed by atoms with Gasteiger partial charge in [0.25, 0.3) is 6.43 Å². The number of ether oxygens (including phenoxy) is 3. The van der Waals surface area contributed by atoms with Crippen LogP contribution in [0.2, 0.25) is 0 Å². The summed E-state index contributed by atoms with van der Waals surface area (Å²) in [5.41, 5.74) is 2.47. The quantitative estimate of drug-likeness (QED) is 0.435. The first kappa shape index (κ1) is 27.3. The van der Waals surface area contributed by atoms with Crippen molar-refractivity contribution >= 4 is 6.09 Å². The van der Waals surface area contributed by atoms with E-state index in [2.05, 4.69) is 29.6 Å². The third-order valence-corrected chi connectivity index (χ3v) is 7.61. The Morgan fingerprint density at radius 3 is 2.41 bits per heavy atom. The SMILES string of the molecule is COc1ccc(CN[C@H]2C[C@@H](C)N(C(=O)OCC(F)F)[C@H]2COC2CCC(c3ccccc3)CC2)cc1. The number of rotatable bonds is 10. The van der Waals surface area contributed by atoms with Gasteiger partial charge in [-0.1, -0.05) is 42.5 Å². The van der Waals surface area contributed by atoms with Gasteiger partial charge in [-0.2, -0.15) is 0 Å². The first-order valence-corrected chi connectivity index (χ1v) is 13.2. The molecule has 3 atom stereocenters. The van der Waals surface area contributed by atoms with Crippen LogP contribution in [-0.4, -0.2) is 62.0 Å². The van der Waals surface area contributed by atoms with Gasteiger partial charge < -0.3 is 19.5 Å². The van der Waals surface area contributed by atoms with Crippen LogP contribution in [0.25, 0.3) is 0 Å². The fourth-order valence-corrected chi connectivity index (χ4v) is 5.61. The van der Waals surface area contributed by atoms with Crippen molar-refractivity contribution in [2.24, 2.45) is 0 Å². The smallest absolute Gasteiger partial charge is 0.410 e. The van der Waals surface area contributed by atoms with E-state index in [4.69, 9.17) is 14.2 Å². The van der Waals surface area contributed by atoms with Crippen molar-refractivity contribution in [3.05, 3.63) is 65.7 Å². The Morgan fingerprint density at radius 1 is 1.05 bits per heavy atom. The number of nitrogens with zero attached hydrogens (tertiary/aromatic N) is 1. The second-order valence-corrected chi connectivity index (χ2v) is 10.1. The van der Waals surface area contributed by atoms with Gasteiger partial charge in [-0.25, -0.2) is 13.6 Å². The van der Waals surface area contributed by atoms with Crippen LogP contribution in [0.5, 0.6) is 5.75 Å². The Morgan fingerprint density at radius 2 is 1.76 bits per heavy atom. The number of halogens is 2. The average molecular weight is 517 g/mol. The van der Waals surface area contributed by atoms with Gasteiger partial charge in [0.15, 0.2) is 6.61 Å². The summed E-state index contributed by atoms with van der Waals surface area (Å²) < 4.78 is 42.0. The maximum Gasteiger partial charge on any atom is 0.410 e. The monoisotopic (exact) mass is 516 g/mol. The summed E-state index contributed by atoms with van der Waals surface area (Å²) in [7, 11) is 1.63. The molecule has 1 saturated carbocycles. The fraction of sp³-hybridized carbons (Fsp3) is 0.552. The van der Waals surface area contributed by atoms with E-state index in [0.29, 0.717) is 25.5 Å². The molecule has 2 fully saturated rings. The molecule has 0 unspecified atom stereocenters. The molecule has 2 aromatic rings. The maximum absolute atomic E-state index is 12.8. The van der Waals surface area contributed by atoms with Crippen LogP contribution < -0.4 is 10.1 Å². The highest BCUT2D eigenvalue weighted by Gasteiger charge is 2.43. The van der Waals surface area contributed by atoms with Crippen molar-refractivity contribution in [3.63, 3.8) is 0 Å². The minimum Gasteiger partial charge on any atom is -0.497 e. The van der Waals surface area contributed by atoms with Gasteiger partial charge in [-0.3, -0.25) is 4.90 Å². The van der Waals surface area contributed by atoms with Crippen molar-refractivity contribution in [3.8, 4) is 5.75 Å². The number of benzene rings is 2. The molecule has 1 aliphatic heterocycles. The number of likely N-dealkylation sites (tertiary alicyclic amines) is 1. The van der Waals surface area contributed by atoms with E-state index in [9.17, 15) is 13.6 Å². The predicted molar refractivity (Wildman–Crippen MR) is 138 cm³/mol. The van der Waals surface area contributed by atoms with Gasteiger partial charge in [0.2, 0.25) is 0 Å². The van der Waals surface area contributed by atoms with E-state index >= 15 is 0 Å². The molecule has 1 saturated heterocycles. The van der Waals surface area contributed by atoms with E-state index in [0.717, 1.165) is 37.0 Å². The Hall–Kier alpha value is -2.71. The molecule has 8 heteroatoms. The third-order valence-electron chi connectivity index (χ3n) is 7.61. The molecular formula is C29H38F2N2O4. The molecule has 0 bridgehead atoms. The van der Waals surface area contributed by atoms with Crippen LogP contribution in [0.1, 0.15) is 56.1 Å². The molecule has 0 radical (unpaired) electrons. The normalized spacial score (nSPS) is 25.9. The molecule has 0 spiro atoms. The topological polar surface area (TPSA) is 60.0 Å². The lowest BCUT2D eigenvalue weighted by molar-refractivity contribution is -0.0180. The molecule has 6 nitrogen and oxygen atoms in total. The number of nitrogens with one attached hydrogen (secondary N) is 1. The minimum absolute atomic E-state index is 0.0446. The number of carbonyl (C=O) groups is 1. The molecule has 1 N–H and O–H groups in total. The summed E-state index contributed by atoms with van der Waals surface area (Å²) in [6, 6.07) is 17.9. The standard InChI is InChI=1S/C29H38F2N2O4/c1-20-16-26(32-17-21-8-12-24(35-2)13-9-21)27(33(20)29(34)37-19-28(30)31)18-36-25-14-10-23(11-15-25)22-6-4-3-5-7-22/h3-9,12-13,20,23,25-28,32H,10-11,14-19H2,1-2H3/t20-,23?,25?,26+,27+/m1/s1. The van der Waals surface area contributed by atoms with E-state index < -0.39 is 19.1 Å². The van der Waals surface area contributed by atoms with Gasteiger partial charge in [0.05, 0.1) is 25.9 Å². The van der Waals surface area contributed by atoms with Crippen molar-refractivity contribution in [2.45, 2.75) is 82.1 Å². The van der Waals surface area contributed by atoms with Crippen LogP contribution in [0, 0.1) is 0 Å². The molecule has 1 aliphatic carbocycles. The van der Waals surface area contributed by atoms with Crippen molar-refractivity contribution in [1.82, 2.24) is 10.2 Å². The molecule has 4 rings (SSSR count). The lowest BCUT2D eigenvalue weighted by Crippen LogP contribution is -2.49. The summed E-state index contributed by atoms with van der Waals surface area (Å²) >= 11 is 0. The maximum atomic E-state index is 12.8. The highest BCUT2D eigenvalue weighted by molar-refractivity contribution is 5.69. The first-order valence-electron chi connectivity index (χ1n) is 13.2. The second-order valence-electron chi connectivity index (χ2n) is 10.1. The number of amides is 1. The molecule has 0 aromatic heterocycles. The molecule has 37 heavy (non-hydrogen) atoms. The molecule has 2 aliphatic rings. The zero-order chi connectivity index (χ0) is 26.2. The Bertz CT molecular complexity index is 968. The van der Waals surface area contributed by atoms with Crippen molar-refractivity contribution < 1.29 is 27.8 Å². The summed E-state index contributed by atoms with van der Waals surface area (Å²) in [6.45, 7) is 1.98. The predicted octanol–water partition coefficient (Wildman–Crippen LogP) is 5.76. The van der Waals surface area contributed by atoms with E-state index in [1.807, 2.05) is 37.3 Å². The number of hydrogen-bond donors (Lipinski definition) is 1. The molecular weight excluding hydrogens is 478 g/mol. The third kappa shape index (κ3) is 7.42. The van der Waals surface area contributed by atoms with Crippen LogP contribution >= 0.6 is 0 Å². The Kier molecular flexibility index (Phi) is 9.75. The Labute approximate surface area is 218 Å². The highest BCUT2D eigenvalue weighted by Crippen LogP contribution is 2.35. The minimum atomic E-state index is -2.69. The van der Waals surface area contributed by atoms with Gasteiger partial charge in [-0.05, 0) is 68.2 Å². The lowest BCUT2D eigenvalue weighted by atomic mass is 9.83. The van der Waals surface area contributed by atoms with Crippen LogP contribution in [0.4, 0.5) is 13.6 Å². The van der Waals surface area contributed by atoms with Crippen LogP contribution in [-0.2, 0) is 16.0 Å². The van der Waals surface area contributed by atoms with Gasteiger partial charge >= 0.3 is 6.09 Å². The zero-order valence-corrected chi connectivity index (χ0v) is 21.7. The zero-order valence-electron chi connectivity index (χ0n) is 21.7. The number of carbonyl (C=O) groups excluding carboxylic acids is 1. The van der Waals surface area contributed by atoms with Gasteiger partial charge in [0, 0.05) is 18.6 Å². The Balaban J connectivity index is 1.37. The largest absolute Gasteiger partial charge is 0.497 e. The molecule has 202 valence electrons. The number of methoxy groups -OCH3 is 1. The average Bonchev–Trinajstić information content (AvgIpc) is 3.25. The molecule has 1 heterocycles. The van der Waals surface area contributed by atoms with Crippen molar-refractivity contribution in [1.29, 1.82) is 0 Å². The van der Waals surface area contributed by atoms with Crippen LogP contribution in [0.3, 0.4) is 0 Å². The summed E-state index contributed by atoms with van der Waals surface area (Å²) in [4.78, 5) is 14.4. The fourth-order valence-electron chi connectivity index (χ4n) is 5.61. The number of alkyl halides is 2. The second kappa shape index (κ2) is 13.2. The van der Waals surface area contributed by atoms with E-state index in [1.165, 1.54) is 5.56 Å². The van der Waals surface area contributed by atoms with Crippen molar-refractivity contribution in [2.75, 3.05) is 20.3 Å². The van der Waals surface area contributed by atoms with Crippen LogP contribution in [0.15, 0.2) is 54.6 Å². The number of hydrogen-bond acceptors (Lipinski definition) is 5. The summed E-state index contributed by atoms with van der Waals surface area (Å²) in [5.74, 6) is 1.34. The summed E-state index contributed by atoms with van der Waals surface area (Å²) in [5, 5.41) is 3.56. The highest BCUT2D eigenvalue weighted by atomic mass is 19.3. The lowest BCUT2D eigenvalue weighted by Gasteiger charge is -2.33. The summed E-state index contributed by atoms with van der Waals surface area (Å²) in [6.07, 6.45) is 1.46. The molecule has 2 aromatic carbocycles. The first-order chi connectivity index (χ1) is 17.9. The van der Waals surface area contributed by atoms with Gasteiger partial charge in [0.1, 0.15) is 5.75 Å². The van der Waals surface area contributed by atoms with E-state index in [1.54, 1.807) is 12.0 Å². The molecule has 1 amide bonds. The van der Waals surface area contributed by atoms with Gasteiger partial charge in [-0.15, -0.1) is 0 Å².